The van der Waals surface area contributed by atoms with Gasteiger partial charge in [-0.3, -0.25) is 14.2 Å². The van der Waals surface area contributed by atoms with Crippen molar-refractivity contribution in [1.29, 1.82) is 0 Å². The lowest BCUT2D eigenvalue weighted by atomic mass is 9.95. The summed E-state index contributed by atoms with van der Waals surface area (Å²) in [6.07, 6.45) is 0. The highest BCUT2D eigenvalue weighted by molar-refractivity contribution is 7.07. The van der Waals surface area contributed by atoms with Gasteiger partial charge in [0.25, 0.3) is 11.5 Å². The van der Waals surface area contributed by atoms with Crippen LogP contribution in [0.1, 0.15) is 43.5 Å². The van der Waals surface area contributed by atoms with E-state index in [4.69, 9.17) is 4.74 Å². The molecule has 2 aliphatic rings. The maximum atomic E-state index is 14.0. The largest absolute Gasteiger partial charge is 0.463 e. The summed E-state index contributed by atoms with van der Waals surface area (Å²) < 4.78 is 7.20. The van der Waals surface area contributed by atoms with E-state index in [0.29, 0.717) is 32.7 Å². The van der Waals surface area contributed by atoms with E-state index in [1.54, 1.807) is 18.7 Å². The van der Waals surface area contributed by atoms with Crippen molar-refractivity contribution in [2.45, 2.75) is 33.7 Å². The number of anilines is 1. The van der Waals surface area contributed by atoms with Crippen LogP contribution in [0.3, 0.4) is 0 Å². The predicted octanol–water partition coefficient (Wildman–Crippen LogP) is 2.84. The average molecular weight is 488 g/mol. The molecular weight excluding hydrogens is 462 g/mol. The number of rotatable bonds is 4. The topological polar surface area (TPSA) is 81.0 Å². The maximum Gasteiger partial charge on any atom is 0.338 e. The molecule has 0 saturated heterocycles. The quantitative estimate of drug-likeness (QED) is 0.530. The Bertz CT molecular complexity index is 1580. The Hall–Kier alpha value is -3.78. The van der Waals surface area contributed by atoms with Gasteiger partial charge >= 0.3 is 5.97 Å². The summed E-state index contributed by atoms with van der Waals surface area (Å²) >= 11 is 1.18. The molecule has 1 atom stereocenters. The third-order valence-electron chi connectivity index (χ3n) is 6.35. The lowest BCUT2D eigenvalue weighted by molar-refractivity contribution is -0.139. The van der Waals surface area contributed by atoms with E-state index in [9.17, 15) is 14.4 Å². The number of allylic oxidation sites excluding steroid dienone is 1. The normalized spacial score (nSPS) is 18.3. The second kappa shape index (κ2) is 8.78. The first kappa shape index (κ1) is 23.0. The smallest absolute Gasteiger partial charge is 0.338 e. The van der Waals surface area contributed by atoms with Gasteiger partial charge in [-0.25, -0.2) is 9.79 Å². The Morgan fingerprint density at radius 3 is 2.46 bits per heavy atom. The van der Waals surface area contributed by atoms with Crippen LogP contribution in [0.5, 0.6) is 0 Å². The Kier molecular flexibility index (Phi) is 5.76. The summed E-state index contributed by atoms with van der Waals surface area (Å²) in [4.78, 5) is 47.2. The van der Waals surface area contributed by atoms with Gasteiger partial charge in [0, 0.05) is 12.1 Å². The number of hydrogen-bond donors (Lipinski definition) is 0. The van der Waals surface area contributed by atoms with Crippen LogP contribution in [-0.2, 0) is 14.3 Å². The summed E-state index contributed by atoms with van der Waals surface area (Å²) in [5.41, 5.74) is 4.23. The molecule has 0 saturated carbocycles. The van der Waals surface area contributed by atoms with Crippen LogP contribution in [-0.4, -0.2) is 29.6 Å². The molecule has 8 heteroatoms. The number of para-hydroxylation sites is 1. The second-order valence-corrected chi connectivity index (χ2v) is 9.45. The molecule has 0 aliphatic carbocycles. The molecule has 0 fully saturated rings. The highest BCUT2D eigenvalue weighted by Gasteiger charge is 2.36. The molecule has 2 aliphatic heterocycles. The van der Waals surface area contributed by atoms with Crippen molar-refractivity contribution in [3.8, 4) is 0 Å². The van der Waals surface area contributed by atoms with Crippen LogP contribution in [0.4, 0.5) is 5.69 Å². The van der Waals surface area contributed by atoms with Gasteiger partial charge in [-0.15, -0.1) is 0 Å². The lowest BCUT2D eigenvalue weighted by Gasteiger charge is -2.24. The number of likely N-dealkylation sites (N-methyl/N-ethyl adjacent to an activating group) is 1. The van der Waals surface area contributed by atoms with Crippen molar-refractivity contribution in [2.24, 2.45) is 4.99 Å². The van der Waals surface area contributed by atoms with Crippen molar-refractivity contribution in [3.63, 3.8) is 0 Å². The molecule has 0 bridgehead atoms. The number of ether oxygens (including phenoxy) is 1. The van der Waals surface area contributed by atoms with Gasteiger partial charge in [-0.2, -0.15) is 0 Å². The highest BCUT2D eigenvalue weighted by Crippen LogP contribution is 2.35. The Morgan fingerprint density at radius 2 is 1.77 bits per heavy atom. The molecule has 35 heavy (non-hydrogen) atoms. The number of amides is 1. The van der Waals surface area contributed by atoms with Crippen LogP contribution in [0, 0.1) is 6.92 Å². The molecule has 1 aromatic heterocycles. The minimum Gasteiger partial charge on any atom is -0.463 e. The van der Waals surface area contributed by atoms with Crippen molar-refractivity contribution in [3.05, 3.63) is 96.2 Å². The highest BCUT2D eigenvalue weighted by atomic mass is 32.1. The van der Waals surface area contributed by atoms with E-state index < -0.39 is 12.0 Å². The van der Waals surface area contributed by atoms with Crippen molar-refractivity contribution >= 4 is 34.5 Å². The summed E-state index contributed by atoms with van der Waals surface area (Å²) in [6, 6.07) is 14.5. The van der Waals surface area contributed by atoms with Crippen LogP contribution in [0.25, 0.3) is 5.57 Å². The molecule has 1 amide bonds. The fraction of sp³-hybridized carbons (Fsp3) is 0.259. The molecule has 5 rings (SSSR count). The molecule has 0 spiro atoms. The molecule has 3 heterocycles. The van der Waals surface area contributed by atoms with Gasteiger partial charge in [-0.1, -0.05) is 59.4 Å². The van der Waals surface area contributed by atoms with E-state index in [1.807, 2.05) is 62.4 Å². The minimum absolute atomic E-state index is 0.202. The number of thiazole rings is 1. The third-order valence-corrected chi connectivity index (χ3v) is 7.41. The van der Waals surface area contributed by atoms with Gasteiger partial charge in [0.1, 0.15) is 4.53 Å². The fourth-order valence-corrected chi connectivity index (χ4v) is 5.86. The van der Waals surface area contributed by atoms with Crippen LogP contribution < -0.4 is 19.8 Å². The first-order valence-corrected chi connectivity index (χ1v) is 12.4. The molecule has 0 N–H and O–H groups in total. The predicted molar refractivity (Wildman–Crippen MR) is 135 cm³/mol. The van der Waals surface area contributed by atoms with Gasteiger partial charge in [0.2, 0.25) is 0 Å². The standard InChI is InChI=1S/C27H25N3O4S/c1-5-29-19-10-8-7-9-18(19)21(24(29)31)23-25(32)30-22(17-13-11-15(3)12-14-17)20(26(33)34-6-2)16(4)28-27(30)35-23/h7-14,22H,5-6H2,1-4H3/b23-21-/t22-/m1/s1. The number of aromatic nitrogens is 1. The number of nitrogens with zero attached hydrogens (tertiary/aromatic N) is 3. The number of aryl methyl sites for hydroxylation is 1. The number of fused-ring (bicyclic) bond motifs is 2. The third kappa shape index (κ3) is 3.56. The number of benzene rings is 2. The average Bonchev–Trinajstić information content (AvgIpc) is 3.31. The minimum atomic E-state index is -0.700. The molecule has 7 nitrogen and oxygen atoms in total. The molecule has 0 radical (unpaired) electrons. The first-order chi connectivity index (χ1) is 16.9. The van der Waals surface area contributed by atoms with Crippen molar-refractivity contribution in [2.75, 3.05) is 18.1 Å². The fourth-order valence-electron chi connectivity index (χ4n) is 4.72. The van der Waals surface area contributed by atoms with Gasteiger partial charge in [0.15, 0.2) is 4.80 Å². The summed E-state index contributed by atoms with van der Waals surface area (Å²) in [5.74, 6) is -0.705. The van der Waals surface area contributed by atoms with Crippen LogP contribution in [0.15, 0.2) is 69.6 Å². The van der Waals surface area contributed by atoms with Gasteiger partial charge in [-0.05, 0) is 39.3 Å². The van der Waals surface area contributed by atoms with E-state index in [-0.39, 0.29) is 18.1 Å². The van der Waals surface area contributed by atoms with Crippen molar-refractivity contribution < 1.29 is 14.3 Å². The molecule has 0 unspecified atom stereocenters. The van der Waals surface area contributed by atoms with E-state index in [2.05, 4.69) is 4.99 Å². The molecule has 2 aromatic carbocycles. The Balaban J connectivity index is 1.83. The summed E-state index contributed by atoms with van der Waals surface area (Å²) in [6.45, 7) is 8.09. The lowest BCUT2D eigenvalue weighted by Crippen LogP contribution is -2.41. The molecule has 178 valence electrons. The number of carbonyl (C=O) groups is 2. The number of hydrogen-bond acceptors (Lipinski definition) is 6. The number of carbonyl (C=O) groups excluding carboxylic acids is 2. The zero-order valence-corrected chi connectivity index (χ0v) is 20.8. The SMILES string of the molecule is CCOC(=O)C1=C(C)N=c2s/c(=C3\C(=O)N(CC)c4ccccc43)c(=O)n2[C@@H]1c1ccc(C)cc1. The Labute approximate surface area is 206 Å². The monoisotopic (exact) mass is 487 g/mol. The Morgan fingerprint density at radius 1 is 1.06 bits per heavy atom. The maximum absolute atomic E-state index is 14.0. The van der Waals surface area contributed by atoms with Crippen LogP contribution >= 0.6 is 11.3 Å². The van der Waals surface area contributed by atoms with E-state index in [1.165, 1.54) is 15.9 Å². The van der Waals surface area contributed by atoms with Crippen molar-refractivity contribution in [1.82, 2.24) is 4.57 Å². The van der Waals surface area contributed by atoms with Gasteiger partial charge < -0.3 is 9.64 Å². The summed E-state index contributed by atoms with van der Waals surface area (Å²) in [5, 5.41) is 0. The van der Waals surface area contributed by atoms with Gasteiger partial charge in [0.05, 0.1) is 35.2 Å². The van der Waals surface area contributed by atoms with E-state index in [0.717, 1.165) is 22.4 Å². The number of esters is 1. The molecule has 3 aromatic rings. The van der Waals surface area contributed by atoms with E-state index >= 15 is 0 Å². The van der Waals surface area contributed by atoms with Crippen LogP contribution in [0.2, 0.25) is 0 Å². The summed E-state index contributed by atoms with van der Waals surface area (Å²) in [7, 11) is 0. The zero-order chi connectivity index (χ0) is 24.9. The first-order valence-electron chi connectivity index (χ1n) is 11.6. The second-order valence-electron chi connectivity index (χ2n) is 8.48. The zero-order valence-electron chi connectivity index (χ0n) is 20.0. The molecular formula is C27H25N3O4S.